The molecule has 0 aromatic heterocycles. The van der Waals surface area contributed by atoms with Crippen molar-refractivity contribution in [2.24, 2.45) is 11.8 Å². The van der Waals surface area contributed by atoms with Crippen LogP contribution in [0.4, 0.5) is 0 Å². The summed E-state index contributed by atoms with van der Waals surface area (Å²) in [5.74, 6) is 1.69. The van der Waals surface area contributed by atoms with Gasteiger partial charge in [0.2, 0.25) is 0 Å². The summed E-state index contributed by atoms with van der Waals surface area (Å²) in [6.45, 7) is 2.77. The van der Waals surface area contributed by atoms with Crippen LogP contribution in [0.2, 0.25) is 0 Å². The van der Waals surface area contributed by atoms with E-state index in [1.807, 2.05) is 6.92 Å². The second-order valence-electron chi connectivity index (χ2n) is 3.39. The number of hydroxylamine groups is 1. The molecule has 0 amide bonds. The summed E-state index contributed by atoms with van der Waals surface area (Å²) in [7, 11) is 0. The summed E-state index contributed by atoms with van der Waals surface area (Å²) in [6.07, 6.45) is 7.19. The lowest BCUT2D eigenvalue weighted by atomic mass is 9.72. The Morgan fingerprint density at radius 1 is 1.64 bits per heavy atom. The first-order valence-electron chi connectivity index (χ1n) is 4.45. The monoisotopic (exact) mass is 153 g/mol. The number of hydrogen-bond acceptors (Lipinski definition) is 2. The van der Waals surface area contributed by atoms with Crippen molar-refractivity contribution in [1.29, 1.82) is 0 Å². The molecule has 2 aliphatic rings. The molecule has 62 valence electrons. The molecular formula is C9H15NO. The van der Waals surface area contributed by atoms with E-state index < -0.39 is 0 Å². The zero-order chi connectivity index (χ0) is 7.68. The van der Waals surface area contributed by atoms with E-state index in [4.69, 9.17) is 4.84 Å². The molecule has 1 saturated carbocycles. The van der Waals surface area contributed by atoms with Crippen LogP contribution in [0.15, 0.2) is 12.2 Å². The first-order chi connectivity index (χ1) is 5.42. The Labute approximate surface area is 67.6 Å². The predicted octanol–water partition coefficient (Wildman–Crippen LogP) is 1.49. The van der Waals surface area contributed by atoms with Gasteiger partial charge in [0.25, 0.3) is 0 Å². The summed E-state index contributed by atoms with van der Waals surface area (Å²) < 4.78 is 0. The Morgan fingerprint density at radius 2 is 2.55 bits per heavy atom. The van der Waals surface area contributed by atoms with Crippen LogP contribution >= 0.6 is 0 Å². The number of rotatable bonds is 3. The van der Waals surface area contributed by atoms with Gasteiger partial charge in [-0.2, -0.15) is 5.48 Å². The van der Waals surface area contributed by atoms with Gasteiger partial charge >= 0.3 is 0 Å². The highest BCUT2D eigenvalue weighted by Crippen LogP contribution is 2.42. The fourth-order valence-corrected chi connectivity index (χ4v) is 2.05. The van der Waals surface area contributed by atoms with Gasteiger partial charge in [-0.1, -0.05) is 12.2 Å². The SMILES string of the molecule is CCONC1CC2CC=CC21. The summed E-state index contributed by atoms with van der Waals surface area (Å²) in [5, 5.41) is 0. The number of fused-ring (bicyclic) bond motifs is 1. The van der Waals surface area contributed by atoms with Crippen LogP contribution in [0, 0.1) is 11.8 Å². The molecule has 3 unspecified atom stereocenters. The molecule has 3 atom stereocenters. The molecule has 2 aliphatic carbocycles. The van der Waals surface area contributed by atoms with Crippen molar-refractivity contribution in [2.45, 2.75) is 25.8 Å². The Kier molecular flexibility index (Phi) is 1.96. The van der Waals surface area contributed by atoms with Crippen LogP contribution in [-0.2, 0) is 4.84 Å². The Bertz CT molecular complexity index is 167. The molecule has 1 fully saturated rings. The molecule has 0 aliphatic heterocycles. The molecule has 0 aromatic rings. The summed E-state index contributed by atoms with van der Waals surface area (Å²) in [6, 6.07) is 0.596. The van der Waals surface area contributed by atoms with Crippen LogP contribution in [0.5, 0.6) is 0 Å². The minimum Gasteiger partial charge on any atom is -0.302 e. The van der Waals surface area contributed by atoms with E-state index in [0.717, 1.165) is 18.4 Å². The normalized spacial score (nSPS) is 40.3. The molecule has 0 saturated heterocycles. The van der Waals surface area contributed by atoms with Crippen LogP contribution in [0.3, 0.4) is 0 Å². The van der Waals surface area contributed by atoms with E-state index >= 15 is 0 Å². The van der Waals surface area contributed by atoms with Crippen molar-refractivity contribution in [3.05, 3.63) is 12.2 Å². The summed E-state index contributed by atoms with van der Waals surface area (Å²) in [4.78, 5) is 5.16. The molecule has 1 N–H and O–H groups in total. The van der Waals surface area contributed by atoms with Crippen molar-refractivity contribution < 1.29 is 4.84 Å². The maximum absolute atomic E-state index is 5.16. The van der Waals surface area contributed by atoms with Gasteiger partial charge in [-0.05, 0) is 31.6 Å². The molecule has 0 aromatic carbocycles. The number of hydrogen-bond donors (Lipinski definition) is 1. The van der Waals surface area contributed by atoms with Crippen LogP contribution in [0.1, 0.15) is 19.8 Å². The van der Waals surface area contributed by atoms with Crippen LogP contribution in [0.25, 0.3) is 0 Å². The largest absolute Gasteiger partial charge is 0.302 e. The van der Waals surface area contributed by atoms with Gasteiger partial charge in [0, 0.05) is 6.04 Å². The first-order valence-corrected chi connectivity index (χ1v) is 4.45. The number of nitrogens with one attached hydrogen (secondary N) is 1. The van der Waals surface area contributed by atoms with E-state index in [9.17, 15) is 0 Å². The van der Waals surface area contributed by atoms with Gasteiger partial charge in [-0.3, -0.25) is 0 Å². The molecule has 2 rings (SSSR count). The molecule has 0 spiro atoms. The van der Waals surface area contributed by atoms with Gasteiger partial charge in [-0.15, -0.1) is 0 Å². The van der Waals surface area contributed by atoms with Gasteiger partial charge in [0.05, 0.1) is 6.61 Å². The summed E-state index contributed by atoms with van der Waals surface area (Å²) >= 11 is 0. The number of allylic oxidation sites excluding steroid dienone is 1. The standard InChI is InChI=1S/C9H15NO/c1-2-11-10-9-6-7-4-3-5-8(7)9/h3,5,7-10H,2,4,6H2,1H3. The molecule has 0 heterocycles. The van der Waals surface area contributed by atoms with E-state index in [-0.39, 0.29) is 0 Å². The lowest BCUT2D eigenvalue weighted by Crippen LogP contribution is -2.47. The fraction of sp³-hybridized carbons (Fsp3) is 0.778. The van der Waals surface area contributed by atoms with Gasteiger partial charge in [0.15, 0.2) is 0 Å². The topological polar surface area (TPSA) is 21.3 Å². The minimum atomic E-state index is 0.596. The lowest BCUT2D eigenvalue weighted by molar-refractivity contribution is -0.0292. The highest BCUT2D eigenvalue weighted by atomic mass is 16.6. The molecule has 0 bridgehead atoms. The van der Waals surface area contributed by atoms with E-state index in [0.29, 0.717) is 6.04 Å². The first kappa shape index (κ1) is 7.32. The smallest absolute Gasteiger partial charge is 0.0654 e. The minimum absolute atomic E-state index is 0.596. The van der Waals surface area contributed by atoms with E-state index in [1.54, 1.807) is 0 Å². The van der Waals surface area contributed by atoms with Crippen LogP contribution < -0.4 is 5.48 Å². The van der Waals surface area contributed by atoms with E-state index in [1.165, 1.54) is 12.8 Å². The Morgan fingerprint density at radius 3 is 3.27 bits per heavy atom. The van der Waals surface area contributed by atoms with Gasteiger partial charge in [-0.25, -0.2) is 0 Å². The maximum Gasteiger partial charge on any atom is 0.0654 e. The Hall–Kier alpha value is -0.340. The highest BCUT2D eigenvalue weighted by Gasteiger charge is 2.40. The zero-order valence-electron chi connectivity index (χ0n) is 6.92. The lowest BCUT2D eigenvalue weighted by Gasteiger charge is -2.39. The second kappa shape index (κ2) is 2.95. The third kappa shape index (κ3) is 1.21. The van der Waals surface area contributed by atoms with E-state index in [2.05, 4.69) is 17.6 Å². The molecule has 11 heavy (non-hydrogen) atoms. The third-order valence-electron chi connectivity index (χ3n) is 2.74. The molecular weight excluding hydrogens is 138 g/mol. The predicted molar refractivity (Wildman–Crippen MR) is 43.9 cm³/mol. The van der Waals surface area contributed by atoms with Crippen molar-refractivity contribution in [3.63, 3.8) is 0 Å². The van der Waals surface area contributed by atoms with Gasteiger partial charge in [0.1, 0.15) is 0 Å². The summed E-state index contributed by atoms with van der Waals surface area (Å²) in [5.41, 5.74) is 3.09. The third-order valence-corrected chi connectivity index (χ3v) is 2.74. The van der Waals surface area contributed by atoms with Crippen molar-refractivity contribution >= 4 is 0 Å². The fourth-order valence-electron chi connectivity index (χ4n) is 2.05. The van der Waals surface area contributed by atoms with Crippen molar-refractivity contribution in [3.8, 4) is 0 Å². The highest BCUT2D eigenvalue weighted by molar-refractivity contribution is 5.12. The van der Waals surface area contributed by atoms with Crippen molar-refractivity contribution in [1.82, 2.24) is 5.48 Å². The Balaban J connectivity index is 1.77. The quantitative estimate of drug-likeness (QED) is 0.490. The molecule has 2 nitrogen and oxygen atoms in total. The second-order valence-corrected chi connectivity index (χ2v) is 3.39. The molecule has 2 heteroatoms. The van der Waals surface area contributed by atoms with Gasteiger partial charge < -0.3 is 4.84 Å². The maximum atomic E-state index is 5.16. The van der Waals surface area contributed by atoms with Crippen molar-refractivity contribution in [2.75, 3.05) is 6.61 Å². The van der Waals surface area contributed by atoms with Crippen LogP contribution in [-0.4, -0.2) is 12.6 Å². The molecule has 0 radical (unpaired) electrons. The average Bonchev–Trinajstić information content (AvgIpc) is 2.33. The average molecular weight is 153 g/mol. The zero-order valence-corrected chi connectivity index (χ0v) is 6.92.